The molecule has 10 nitrogen and oxygen atoms in total. The highest BCUT2D eigenvalue weighted by molar-refractivity contribution is 7.22. The third-order valence-electron chi connectivity index (χ3n) is 5.78. The van der Waals surface area contributed by atoms with E-state index < -0.39 is 18.0 Å². The first-order valence-corrected chi connectivity index (χ1v) is 12.4. The molecule has 0 radical (unpaired) electrons. The summed E-state index contributed by atoms with van der Waals surface area (Å²) in [5.41, 5.74) is 3.68. The van der Waals surface area contributed by atoms with Crippen molar-refractivity contribution in [3.05, 3.63) is 60.3 Å². The summed E-state index contributed by atoms with van der Waals surface area (Å²) in [6, 6.07) is 8.35. The number of amides is 1. The van der Waals surface area contributed by atoms with Crippen LogP contribution in [0.2, 0.25) is 0 Å². The maximum atomic E-state index is 15.1. The van der Waals surface area contributed by atoms with E-state index in [2.05, 4.69) is 25.3 Å². The zero-order valence-electron chi connectivity index (χ0n) is 20.2. The fourth-order valence-corrected chi connectivity index (χ4v) is 5.16. The van der Waals surface area contributed by atoms with Crippen LogP contribution < -0.4 is 19.5 Å². The molecule has 1 atom stereocenters. The van der Waals surface area contributed by atoms with Crippen LogP contribution >= 0.6 is 11.3 Å². The van der Waals surface area contributed by atoms with Crippen molar-refractivity contribution in [2.24, 2.45) is 0 Å². The quantitative estimate of drug-likeness (QED) is 0.327. The third-order valence-corrected chi connectivity index (χ3v) is 6.87. The summed E-state index contributed by atoms with van der Waals surface area (Å²) < 4.78 is 38.0. The molecule has 1 amide bonds. The minimum atomic E-state index is -0.648. The maximum Gasteiger partial charge on any atom is 0.411 e. The molecule has 1 aliphatic heterocycles. The van der Waals surface area contributed by atoms with Gasteiger partial charge in [0.2, 0.25) is 5.88 Å². The molecule has 6 rings (SSSR count). The molecule has 3 aromatic heterocycles. The van der Waals surface area contributed by atoms with Crippen LogP contribution in [-0.2, 0) is 4.74 Å². The van der Waals surface area contributed by atoms with Crippen molar-refractivity contribution in [1.82, 2.24) is 19.9 Å². The number of hydrogen-bond donors (Lipinski definition) is 1. The minimum Gasteiger partial charge on any atom is -0.484 e. The second-order valence-corrected chi connectivity index (χ2v) is 9.48. The number of nitrogens with one attached hydrogen (secondary N) is 1. The van der Waals surface area contributed by atoms with Crippen LogP contribution in [0.5, 0.6) is 17.4 Å². The van der Waals surface area contributed by atoms with Gasteiger partial charge >= 0.3 is 6.09 Å². The zero-order valence-corrected chi connectivity index (χ0v) is 21.0. The Kier molecular flexibility index (Phi) is 6.08. The highest BCUT2D eigenvalue weighted by Gasteiger charge is 2.28. The summed E-state index contributed by atoms with van der Waals surface area (Å²) >= 11 is 1.28. The van der Waals surface area contributed by atoms with Gasteiger partial charge in [0.05, 0.1) is 24.3 Å². The Labute approximate surface area is 219 Å². The zero-order chi connectivity index (χ0) is 26.2. The van der Waals surface area contributed by atoms with Crippen molar-refractivity contribution in [3.8, 4) is 28.0 Å². The number of fused-ring (bicyclic) bond motifs is 4. The van der Waals surface area contributed by atoms with Gasteiger partial charge in [-0.1, -0.05) is 0 Å². The van der Waals surface area contributed by atoms with Gasteiger partial charge in [-0.2, -0.15) is 0 Å². The summed E-state index contributed by atoms with van der Waals surface area (Å²) in [5, 5.41) is 3.17. The second kappa shape index (κ2) is 9.71. The molecule has 0 fully saturated rings. The van der Waals surface area contributed by atoms with Crippen LogP contribution in [0.4, 0.5) is 14.9 Å². The Morgan fingerprint density at radius 2 is 2.05 bits per heavy atom. The number of halogens is 1. The van der Waals surface area contributed by atoms with Gasteiger partial charge in [0, 0.05) is 29.7 Å². The molecule has 5 aromatic rings. The Morgan fingerprint density at radius 1 is 1.21 bits per heavy atom. The lowest BCUT2D eigenvalue weighted by atomic mass is 10.1. The smallest absolute Gasteiger partial charge is 0.411 e. The van der Waals surface area contributed by atoms with E-state index in [1.807, 2.05) is 19.1 Å². The number of carbonyl (C=O) groups is 1. The predicted molar refractivity (Wildman–Crippen MR) is 139 cm³/mol. The number of aryl methyl sites for hydroxylation is 1. The van der Waals surface area contributed by atoms with Gasteiger partial charge in [-0.15, -0.1) is 11.3 Å². The van der Waals surface area contributed by atoms with E-state index >= 15 is 4.39 Å². The van der Waals surface area contributed by atoms with Crippen LogP contribution in [0, 0.1) is 12.7 Å². The molecule has 0 unspecified atom stereocenters. The normalized spacial score (nSPS) is 14.4. The number of benzene rings is 2. The number of ether oxygens (including phenoxy) is 4. The Morgan fingerprint density at radius 3 is 2.87 bits per heavy atom. The van der Waals surface area contributed by atoms with Gasteiger partial charge in [-0.3, -0.25) is 10.3 Å². The van der Waals surface area contributed by atoms with E-state index in [4.69, 9.17) is 18.9 Å². The fourth-order valence-electron chi connectivity index (χ4n) is 4.08. The topological polar surface area (TPSA) is 118 Å². The SMILES string of the molecule is COc1cnc2c(-c3nc4c(F)cc5c(c4s3)OC[C@H](COC(=O)Nc3ccncc3)O5)cc(C)cc2n1. The summed E-state index contributed by atoms with van der Waals surface area (Å²) in [4.78, 5) is 29.5. The first-order valence-electron chi connectivity index (χ1n) is 11.6. The van der Waals surface area contributed by atoms with Crippen LogP contribution in [-0.4, -0.2) is 52.5 Å². The lowest BCUT2D eigenvalue weighted by Crippen LogP contribution is -2.35. The molecule has 1 aliphatic rings. The molecule has 0 bridgehead atoms. The van der Waals surface area contributed by atoms with Gasteiger partial charge in [0.15, 0.2) is 23.4 Å². The van der Waals surface area contributed by atoms with Crippen molar-refractivity contribution < 1.29 is 28.1 Å². The molecule has 1 N–H and O–H groups in total. The number of anilines is 1. The van der Waals surface area contributed by atoms with E-state index in [0.717, 1.165) is 11.1 Å². The maximum absolute atomic E-state index is 15.1. The number of thiazole rings is 1. The van der Waals surface area contributed by atoms with Crippen molar-refractivity contribution in [3.63, 3.8) is 0 Å². The van der Waals surface area contributed by atoms with E-state index in [1.54, 1.807) is 24.5 Å². The van der Waals surface area contributed by atoms with Crippen LogP contribution in [0.15, 0.2) is 48.9 Å². The van der Waals surface area contributed by atoms with Crippen LogP contribution in [0.3, 0.4) is 0 Å². The first kappa shape index (κ1) is 23.8. The molecule has 38 heavy (non-hydrogen) atoms. The van der Waals surface area contributed by atoms with Crippen molar-refractivity contribution in [2.45, 2.75) is 13.0 Å². The van der Waals surface area contributed by atoms with Crippen molar-refractivity contribution in [2.75, 3.05) is 25.6 Å². The number of pyridine rings is 1. The molecular weight excluding hydrogens is 513 g/mol. The summed E-state index contributed by atoms with van der Waals surface area (Å²) in [6.07, 6.45) is 3.38. The molecule has 0 spiro atoms. The molecular formula is C26H20FN5O5S. The average molecular weight is 534 g/mol. The Bertz CT molecular complexity index is 1680. The van der Waals surface area contributed by atoms with E-state index in [1.165, 1.54) is 30.7 Å². The number of hydrogen-bond acceptors (Lipinski definition) is 10. The molecule has 0 aliphatic carbocycles. The summed E-state index contributed by atoms with van der Waals surface area (Å²) in [7, 11) is 1.53. The van der Waals surface area contributed by atoms with Gasteiger partial charge in [-0.05, 0) is 36.8 Å². The summed E-state index contributed by atoms with van der Waals surface area (Å²) in [6.45, 7) is 1.97. The first-order chi connectivity index (χ1) is 18.5. The Hall–Kier alpha value is -4.58. The van der Waals surface area contributed by atoms with Crippen molar-refractivity contribution >= 4 is 44.4 Å². The number of carbonyl (C=O) groups excluding carboxylic acids is 1. The van der Waals surface area contributed by atoms with Gasteiger partial charge in [0.1, 0.15) is 28.4 Å². The van der Waals surface area contributed by atoms with Crippen LogP contribution in [0.1, 0.15) is 5.56 Å². The van der Waals surface area contributed by atoms with E-state index in [9.17, 15) is 4.79 Å². The van der Waals surface area contributed by atoms with Crippen LogP contribution in [0.25, 0.3) is 31.8 Å². The highest BCUT2D eigenvalue weighted by Crippen LogP contribution is 2.45. The van der Waals surface area contributed by atoms with Gasteiger partial charge < -0.3 is 18.9 Å². The second-order valence-electron chi connectivity index (χ2n) is 8.49. The predicted octanol–water partition coefficient (Wildman–Crippen LogP) is 5.15. The summed E-state index contributed by atoms with van der Waals surface area (Å²) in [5.74, 6) is 0.467. The molecule has 192 valence electrons. The third kappa shape index (κ3) is 4.50. The molecule has 2 aromatic carbocycles. The van der Waals surface area contributed by atoms with Gasteiger partial charge in [-0.25, -0.2) is 24.1 Å². The van der Waals surface area contributed by atoms with Gasteiger partial charge in [0.25, 0.3) is 0 Å². The van der Waals surface area contributed by atoms with E-state index in [0.29, 0.717) is 38.1 Å². The lowest BCUT2D eigenvalue weighted by Gasteiger charge is -2.26. The number of methoxy groups -OCH3 is 1. The molecule has 12 heteroatoms. The molecule has 0 saturated heterocycles. The monoisotopic (exact) mass is 533 g/mol. The number of aromatic nitrogens is 4. The molecule has 4 heterocycles. The van der Waals surface area contributed by atoms with Crippen molar-refractivity contribution in [1.29, 1.82) is 0 Å². The Balaban J connectivity index is 1.26. The minimum absolute atomic E-state index is 0.0820. The fraction of sp³-hybridized carbons (Fsp3) is 0.192. The van der Waals surface area contributed by atoms with E-state index in [-0.39, 0.29) is 24.5 Å². The highest BCUT2D eigenvalue weighted by atomic mass is 32.1. The standard InChI is InChI=1S/C26H20FN5O5S/c1-13-7-16(21-18(8-13)31-20(34-2)10-29-21)25-32-22-17(27)9-19-23(24(22)38-25)35-11-15(37-19)12-36-26(33)30-14-3-5-28-6-4-14/h3-10,15H,11-12H2,1-2H3,(H,28,30,33)/t15-/m1/s1. The largest absolute Gasteiger partial charge is 0.484 e. The lowest BCUT2D eigenvalue weighted by molar-refractivity contribution is 0.0381. The average Bonchev–Trinajstić information content (AvgIpc) is 3.38. The molecule has 0 saturated carbocycles. The number of rotatable bonds is 5. The number of nitrogens with zero attached hydrogens (tertiary/aromatic N) is 4.